The predicted molar refractivity (Wildman–Crippen MR) is 77.0 cm³/mol. The molecule has 0 saturated heterocycles. The minimum atomic E-state index is 0.0537. The third-order valence-corrected chi connectivity index (χ3v) is 3.69. The predicted octanol–water partition coefficient (Wildman–Crippen LogP) is 2.05. The molecule has 0 aliphatic heterocycles. The maximum Gasteiger partial charge on any atom is 0.246 e. The number of amides is 1. The van der Waals surface area contributed by atoms with E-state index >= 15 is 0 Å². The largest absolute Gasteiger partial charge is 0.348 e. The van der Waals surface area contributed by atoms with Gasteiger partial charge in [-0.25, -0.2) is 0 Å². The van der Waals surface area contributed by atoms with Crippen LogP contribution in [0.15, 0.2) is 35.0 Å². The monoisotopic (exact) mass is 286 g/mol. The molecule has 0 unspecified atom stereocenters. The fraction of sp³-hybridized carbons (Fsp3) is 0.400. The normalized spacial score (nSPS) is 17.9. The van der Waals surface area contributed by atoms with Gasteiger partial charge in [-0.1, -0.05) is 17.3 Å². The van der Waals surface area contributed by atoms with Gasteiger partial charge in [-0.15, -0.1) is 0 Å². The van der Waals surface area contributed by atoms with Crippen LogP contribution in [0.4, 0.5) is 0 Å². The van der Waals surface area contributed by atoms with E-state index < -0.39 is 0 Å². The lowest BCUT2D eigenvalue weighted by Crippen LogP contribution is -2.30. The maximum absolute atomic E-state index is 12.0. The Balaban J connectivity index is 1.59. The summed E-state index contributed by atoms with van der Waals surface area (Å²) in [6.45, 7) is 0.274. The van der Waals surface area contributed by atoms with E-state index in [0.29, 0.717) is 11.7 Å². The Bertz CT molecular complexity index is 656. The highest BCUT2D eigenvalue weighted by Gasteiger charge is 2.19. The summed E-state index contributed by atoms with van der Waals surface area (Å²) in [4.78, 5) is 16.3. The molecular formula is C15H18N4O2. The minimum Gasteiger partial charge on any atom is -0.348 e. The molecule has 1 amide bonds. The molecule has 1 aliphatic rings. The van der Waals surface area contributed by atoms with Gasteiger partial charge in [-0.3, -0.25) is 4.79 Å². The van der Waals surface area contributed by atoms with Crippen molar-refractivity contribution >= 4 is 5.91 Å². The van der Waals surface area contributed by atoms with E-state index in [1.54, 1.807) is 0 Å². The molecule has 21 heavy (non-hydrogen) atoms. The molecule has 110 valence electrons. The SMILES string of the molecule is Cn1cccc1-c1noc(CNC(=O)[C@H]2CC=CCC2)n1. The van der Waals surface area contributed by atoms with Crippen molar-refractivity contribution in [1.29, 1.82) is 0 Å². The van der Waals surface area contributed by atoms with Crippen molar-refractivity contribution in [3.63, 3.8) is 0 Å². The third-order valence-electron chi connectivity index (χ3n) is 3.69. The van der Waals surface area contributed by atoms with Crippen molar-refractivity contribution in [2.75, 3.05) is 0 Å². The van der Waals surface area contributed by atoms with Crippen LogP contribution in [0.2, 0.25) is 0 Å². The number of rotatable bonds is 4. The number of nitrogens with one attached hydrogen (secondary N) is 1. The quantitative estimate of drug-likeness (QED) is 0.873. The van der Waals surface area contributed by atoms with Gasteiger partial charge in [-0.05, 0) is 31.4 Å². The summed E-state index contributed by atoms with van der Waals surface area (Å²) in [6.07, 6.45) is 8.78. The second kappa shape index (κ2) is 5.95. The van der Waals surface area contributed by atoms with Crippen molar-refractivity contribution < 1.29 is 9.32 Å². The number of nitrogens with zero attached hydrogens (tertiary/aromatic N) is 3. The molecule has 0 radical (unpaired) electrons. The first-order chi connectivity index (χ1) is 10.2. The van der Waals surface area contributed by atoms with Crippen LogP contribution < -0.4 is 5.32 Å². The molecule has 0 bridgehead atoms. The van der Waals surface area contributed by atoms with E-state index in [1.165, 1.54) is 0 Å². The van der Waals surface area contributed by atoms with Crippen LogP contribution in [0.25, 0.3) is 11.5 Å². The molecule has 1 atom stereocenters. The molecule has 0 fully saturated rings. The summed E-state index contributed by atoms with van der Waals surface area (Å²) in [5, 5.41) is 6.81. The van der Waals surface area contributed by atoms with Crippen molar-refractivity contribution in [1.82, 2.24) is 20.0 Å². The van der Waals surface area contributed by atoms with E-state index in [2.05, 4.69) is 27.6 Å². The van der Waals surface area contributed by atoms with Crippen molar-refractivity contribution in [2.24, 2.45) is 13.0 Å². The summed E-state index contributed by atoms with van der Waals surface area (Å²) < 4.78 is 7.10. The molecule has 6 nitrogen and oxygen atoms in total. The topological polar surface area (TPSA) is 73.0 Å². The third kappa shape index (κ3) is 3.04. The van der Waals surface area contributed by atoms with Crippen LogP contribution in [0.5, 0.6) is 0 Å². The zero-order valence-corrected chi connectivity index (χ0v) is 12.0. The fourth-order valence-electron chi connectivity index (χ4n) is 2.46. The molecule has 1 N–H and O–H groups in total. The highest BCUT2D eigenvalue weighted by Crippen LogP contribution is 2.18. The average Bonchev–Trinajstić information content (AvgIpc) is 3.14. The van der Waals surface area contributed by atoms with Crippen LogP contribution in [0, 0.1) is 5.92 Å². The van der Waals surface area contributed by atoms with Gasteiger partial charge in [0.05, 0.1) is 12.2 Å². The first-order valence-corrected chi connectivity index (χ1v) is 7.11. The molecule has 2 aromatic rings. The highest BCUT2D eigenvalue weighted by molar-refractivity contribution is 5.78. The van der Waals surface area contributed by atoms with E-state index in [9.17, 15) is 4.79 Å². The highest BCUT2D eigenvalue weighted by atomic mass is 16.5. The Labute approximate surface area is 122 Å². The molecule has 0 aromatic carbocycles. The summed E-state index contributed by atoms with van der Waals surface area (Å²) in [5.41, 5.74) is 0.883. The van der Waals surface area contributed by atoms with Gasteiger partial charge >= 0.3 is 0 Å². The zero-order chi connectivity index (χ0) is 14.7. The van der Waals surface area contributed by atoms with Crippen LogP contribution in [-0.4, -0.2) is 20.6 Å². The molecule has 3 rings (SSSR count). The summed E-state index contributed by atoms with van der Waals surface area (Å²) in [5.74, 6) is 1.07. The van der Waals surface area contributed by atoms with Gasteiger partial charge in [0.1, 0.15) is 0 Å². The van der Waals surface area contributed by atoms with Crippen LogP contribution >= 0.6 is 0 Å². The van der Waals surface area contributed by atoms with Crippen molar-refractivity contribution in [3.05, 3.63) is 36.4 Å². The van der Waals surface area contributed by atoms with Gasteiger partial charge in [0, 0.05) is 19.2 Å². The Hall–Kier alpha value is -2.37. The zero-order valence-electron chi connectivity index (χ0n) is 12.0. The van der Waals surface area contributed by atoms with Gasteiger partial charge in [0.15, 0.2) is 0 Å². The summed E-state index contributed by atoms with van der Waals surface area (Å²) in [6, 6.07) is 3.84. The number of carbonyl (C=O) groups excluding carboxylic acids is 1. The van der Waals surface area contributed by atoms with Gasteiger partial charge in [0.2, 0.25) is 17.6 Å². The lowest BCUT2D eigenvalue weighted by atomic mass is 9.94. The second-order valence-electron chi connectivity index (χ2n) is 5.22. The Morgan fingerprint density at radius 1 is 1.52 bits per heavy atom. The number of carbonyl (C=O) groups is 1. The molecule has 1 aliphatic carbocycles. The maximum atomic E-state index is 12.0. The van der Waals surface area contributed by atoms with Gasteiger partial charge < -0.3 is 14.4 Å². The average molecular weight is 286 g/mol. The number of hydrogen-bond donors (Lipinski definition) is 1. The summed E-state index contributed by atoms with van der Waals surface area (Å²) in [7, 11) is 1.92. The molecule has 0 spiro atoms. The summed E-state index contributed by atoms with van der Waals surface area (Å²) >= 11 is 0. The molecule has 6 heteroatoms. The fourth-order valence-corrected chi connectivity index (χ4v) is 2.46. The molecule has 0 saturated carbocycles. The first kappa shape index (κ1) is 13.6. The Morgan fingerprint density at radius 3 is 3.14 bits per heavy atom. The molecule has 2 heterocycles. The second-order valence-corrected chi connectivity index (χ2v) is 5.22. The van der Waals surface area contributed by atoms with E-state index in [-0.39, 0.29) is 18.4 Å². The number of aromatic nitrogens is 3. The van der Waals surface area contributed by atoms with Gasteiger partial charge in [-0.2, -0.15) is 4.98 Å². The van der Waals surface area contributed by atoms with Crippen LogP contribution in [0.1, 0.15) is 25.2 Å². The van der Waals surface area contributed by atoms with E-state index in [0.717, 1.165) is 25.0 Å². The van der Waals surface area contributed by atoms with Crippen LogP contribution in [-0.2, 0) is 18.4 Å². The van der Waals surface area contributed by atoms with E-state index in [1.807, 2.05) is 29.9 Å². The lowest BCUT2D eigenvalue weighted by Gasteiger charge is -2.16. The molecular weight excluding hydrogens is 268 g/mol. The number of hydrogen-bond acceptors (Lipinski definition) is 4. The Kier molecular flexibility index (Phi) is 3.85. The minimum absolute atomic E-state index is 0.0537. The van der Waals surface area contributed by atoms with Crippen LogP contribution in [0.3, 0.4) is 0 Å². The number of aryl methyl sites for hydroxylation is 1. The first-order valence-electron chi connectivity index (χ1n) is 7.11. The Morgan fingerprint density at radius 2 is 2.43 bits per heavy atom. The smallest absolute Gasteiger partial charge is 0.246 e. The number of allylic oxidation sites excluding steroid dienone is 2. The standard InChI is InChI=1S/C15H18N4O2/c1-19-9-5-8-12(19)14-17-13(21-18-14)10-16-15(20)11-6-3-2-4-7-11/h2-3,5,8-9,11H,4,6-7,10H2,1H3,(H,16,20)/t11-/m0/s1. The van der Waals surface area contributed by atoms with Crippen molar-refractivity contribution in [3.8, 4) is 11.5 Å². The molecule has 2 aromatic heterocycles. The van der Waals surface area contributed by atoms with E-state index in [4.69, 9.17) is 4.52 Å². The van der Waals surface area contributed by atoms with Gasteiger partial charge in [0.25, 0.3) is 0 Å². The van der Waals surface area contributed by atoms with Crippen molar-refractivity contribution in [2.45, 2.75) is 25.8 Å². The lowest BCUT2D eigenvalue weighted by molar-refractivity contribution is -0.125.